The molecule has 31 heavy (non-hydrogen) atoms. The molecule has 4 nitrogen and oxygen atoms in total. The lowest BCUT2D eigenvalue weighted by molar-refractivity contribution is -0.199. The smallest absolute Gasteiger partial charge is 0.464 e. The molecule has 3 aliphatic carbocycles. The van der Waals surface area contributed by atoms with Crippen molar-refractivity contribution in [2.75, 3.05) is 25.8 Å². The van der Waals surface area contributed by atoms with E-state index in [4.69, 9.17) is 13.7 Å². The highest BCUT2D eigenvalue weighted by Gasteiger charge is 2.68. The first-order valence-corrected chi connectivity index (χ1v) is 14.4. The first-order valence-electron chi connectivity index (χ1n) is 11.6. The molecule has 4 aliphatic rings. The second-order valence-corrected chi connectivity index (χ2v) is 15.8. The van der Waals surface area contributed by atoms with Gasteiger partial charge in [0, 0.05) is 5.39 Å². The molecule has 4 unspecified atom stereocenters. The standard InChI is InChI=1S/C25H38BNO3S/c1-16-10-9-11-19-17(15-28-23(16)19)12-22(27(5)31(6,7)8)26-29-21-14-18-13-20(24(18,2)3)25(21,4)30-26/h9-11,15,18,20-22H,12-14H2,1-8H3/t18?,20?,21?,22?,25-/m0/s1. The van der Waals surface area contributed by atoms with Crippen LogP contribution in [-0.4, -0.2) is 54.9 Å². The molecule has 1 saturated heterocycles. The first kappa shape index (κ1) is 21.9. The van der Waals surface area contributed by atoms with Gasteiger partial charge in [0.2, 0.25) is 0 Å². The lowest BCUT2D eigenvalue weighted by Gasteiger charge is -2.64. The third-order valence-corrected chi connectivity index (χ3v) is 10.9. The molecule has 0 amide bonds. The van der Waals surface area contributed by atoms with Crippen molar-refractivity contribution in [2.45, 2.75) is 64.6 Å². The number of para-hydroxylation sites is 1. The molecular formula is C25H38BNO3S. The lowest BCUT2D eigenvalue weighted by atomic mass is 9.43. The number of rotatable bonds is 5. The minimum absolute atomic E-state index is 0.152. The molecular weight excluding hydrogens is 405 g/mol. The van der Waals surface area contributed by atoms with Crippen LogP contribution >= 0.6 is 10.2 Å². The van der Waals surface area contributed by atoms with Gasteiger partial charge < -0.3 is 13.7 Å². The van der Waals surface area contributed by atoms with E-state index in [2.05, 4.69) is 76.0 Å². The zero-order valence-electron chi connectivity index (χ0n) is 20.4. The van der Waals surface area contributed by atoms with Crippen LogP contribution in [0.15, 0.2) is 28.9 Å². The van der Waals surface area contributed by atoms with Crippen LogP contribution in [0, 0.1) is 24.2 Å². The van der Waals surface area contributed by atoms with Crippen LogP contribution in [-0.2, 0) is 15.7 Å². The van der Waals surface area contributed by atoms with Crippen LogP contribution in [0.2, 0.25) is 0 Å². The van der Waals surface area contributed by atoms with E-state index in [9.17, 15) is 0 Å². The molecule has 3 saturated carbocycles. The zero-order valence-corrected chi connectivity index (χ0v) is 21.2. The van der Waals surface area contributed by atoms with Crippen molar-refractivity contribution in [2.24, 2.45) is 17.3 Å². The number of fused-ring (bicyclic) bond motifs is 1. The van der Waals surface area contributed by atoms with Crippen molar-refractivity contribution in [3.8, 4) is 0 Å². The van der Waals surface area contributed by atoms with Gasteiger partial charge in [-0.05, 0) is 87.3 Å². The second kappa shape index (κ2) is 7.03. The summed E-state index contributed by atoms with van der Waals surface area (Å²) < 4.78 is 22.2. The van der Waals surface area contributed by atoms with Crippen LogP contribution in [0.5, 0.6) is 0 Å². The molecule has 5 atom stereocenters. The van der Waals surface area contributed by atoms with Gasteiger partial charge in [-0.15, -0.1) is 0 Å². The second-order valence-electron chi connectivity index (χ2n) is 11.6. The predicted octanol–water partition coefficient (Wildman–Crippen LogP) is 5.46. The fourth-order valence-electron chi connectivity index (χ4n) is 6.50. The van der Waals surface area contributed by atoms with Crippen molar-refractivity contribution in [3.63, 3.8) is 0 Å². The maximum Gasteiger partial charge on any atom is 0.477 e. The Morgan fingerprint density at radius 1 is 1.19 bits per heavy atom. The van der Waals surface area contributed by atoms with Gasteiger partial charge in [0.05, 0.1) is 23.9 Å². The summed E-state index contributed by atoms with van der Waals surface area (Å²) in [5, 5.41) is 1.22. The van der Waals surface area contributed by atoms with E-state index >= 15 is 0 Å². The number of furan rings is 1. The Bertz CT molecular complexity index is 998. The molecule has 6 heteroatoms. The molecule has 170 valence electrons. The van der Waals surface area contributed by atoms with E-state index in [1.165, 1.54) is 22.9 Å². The summed E-state index contributed by atoms with van der Waals surface area (Å²) in [7, 11) is 1.09. The molecule has 0 radical (unpaired) electrons. The Balaban J connectivity index is 1.47. The monoisotopic (exact) mass is 443 g/mol. The van der Waals surface area contributed by atoms with Crippen molar-refractivity contribution in [1.82, 2.24) is 4.31 Å². The van der Waals surface area contributed by atoms with E-state index in [-0.39, 0.29) is 24.8 Å². The van der Waals surface area contributed by atoms with Crippen LogP contribution in [0.3, 0.4) is 0 Å². The van der Waals surface area contributed by atoms with Gasteiger partial charge in [0.25, 0.3) is 0 Å². The van der Waals surface area contributed by atoms with Crippen molar-refractivity contribution in [1.29, 1.82) is 0 Å². The molecule has 1 aromatic heterocycles. The number of nitrogens with zero attached hydrogens (tertiary/aromatic N) is 1. The van der Waals surface area contributed by atoms with E-state index in [0.717, 1.165) is 24.3 Å². The fraction of sp³-hybridized carbons (Fsp3) is 0.680. The Hall–Kier alpha value is -0.945. The Kier molecular flexibility index (Phi) is 4.96. The maximum atomic E-state index is 6.92. The Morgan fingerprint density at radius 2 is 1.94 bits per heavy atom. The van der Waals surface area contributed by atoms with Crippen LogP contribution in [0.1, 0.15) is 44.7 Å². The number of likely N-dealkylation sites (N-methyl/N-ethyl adjacent to an activating group) is 1. The molecule has 0 spiro atoms. The van der Waals surface area contributed by atoms with Gasteiger partial charge in [0.15, 0.2) is 0 Å². The molecule has 4 fully saturated rings. The largest absolute Gasteiger partial charge is 0.477 e. The third kappa shape index (κ3) is 3.24. The topological polar surface area (TPSA) is 34.8 Å². The van der Waals surface area contributed by atoms with E-state index in [1.807, 2.05) is 6.26 Å². The van der Waals surface area contributed by atoms with Crippen LogP contribution in [0.4, 0.5) is 0 Å². The molecule has 2 aromatic rings. The summed E-state index contributed by atoms with van der Waals surface area (Å²) in [5.74, 6) is 1.50. The van der Waals surface area contributed by atoms with Crippen molar-refractivity contribution in [3.05, 3.63) is 35.6 Å². The maximum absolute atomic E-state index is 6.92. The average molecular weight is 443 g/mol. The van der Waals surface area contributed by atoms with E-state index < -0.39 is 10.2 Å². The Labute approximate surface area is 189 Å². The van der Waals surface area contributed by atoms with Gasteiger partial charge in [-0.3, -0.25) is 4.31 Å². The Morgan fingerprint density at radius 3 is 2.61 bits per heavy atom. The number of hydrogen-bond donors (Lipinski definition) is 0. The van der Waals surface area contributed by atoms with E-state index in [1.54, 1.807) is 0 Å². The van der Waals surface area contributed by atoms with Crippen molar-refractivity contribution < 1.29 is 13.7 Å². The highest BCUT2D eigenvalue weighted by Crippen LogP contribution is 2.66. The molecule has 2 heterocycles. The molecule has 2 bridgehead atoms. The van der Waals surface area contributed by atoms with Crippen LogP contribution in [0.25, 0.3) is 11.0 Å². The van der Waals surface area contributed by atoms with Gasteiger partial charge in [0.1, 0.15) is 5.58 Å². The summed E-state index contributed by atoms with van der Waals surface area (Å²) in [4.78, 5) is 0. The summed E-state index contributed by atoms with van der Waals surface area (Å²) in [6.07, 6.45) is 12.5. The minimum Gasteiger partial charge on any atom is -0.464 e. The fourth-order valence-corrected chi connectivity index (χ4v) is 7.49. The number of aryl methyl sites for hydroxylation is 1. The summed E-state index contributed by atoms with van der Waals surface area (Å²) in [6.45, 7) is 9.28. The highest BCUT2D eigenvalue weighted by molar-refractivity contribution is 8.30. The average Bonchev–Trinajstić information content (AvgIpc) is 3.25. The molecule has 1 aliphatic heterocycles. The third-order valence-electron chi connectivity index (χ3n) is 8.92. The van der Waals surface area contributed by atoms with Gasteiger partial charge >= 0.3 is 7.12 Å². The zero-order chi connectivity index (χ0) is 22.3. The molecule has 1 aromatic carbocycles. The van der Waals surface area contributed by atoms with Crippen LogP contribution < -0.4 is 0 Å². The quantitative estimate of drug-likeness (QED) is 0.575. The molecule has 6 rings (SSSR count). The predicted molar refractivity (Wildman–Crippen MR) is 132 cm³/mol. The SMILES string of the molecule is Cc1cccc2c(CC(B3OC4CC5CC(C5(C)C)[C@]4(C)O3)N(C)S(C)(C)C)coc12. The summed E-state index contributed by atoms with van der Waals surface area (Å²) in [6, 6.07) is 6.41. The molecule has 0 N–H and O–H groups in total. The highest BCUT2D eigenvalue weighted by atomic mass is 32.3. The van der Waals surface area contributed by atoms with Gasteiger partial charge in [-0.1, -0.05) is 32.0 Å². The summed E-state index contributed by atoms with van der Waals surface area (Å²) in [5.41, 5.74) is 3.61. The summed E-state index contributed by atoms with van der Waals surface area (Å²) >= 11 is 0. The van der Waals surface area contributed by atoms with Gasteiger partial charge in [-0.25, -0.2) is 0 Å². The lowest BCUT2D eigenvalue weighted by Crippen LogP contribution is -2.65. The minimum atomic E-state index is -0.940. The normalized spacial score (nSPS) is 33.5. The van der Waals surface area contributed by atoms with Gasteiger partial charge in [-0.2, -0.15) is 10.2 Å². The number of benzene rings is 1. The number of hydrogen-bond acceptors (Lipinski definition) is 4. The van der Waals surface area contributed by atoms with E-state index in [0.29, 0.717) is 11.3 Å². The van der Waals surface area contributed by atoms with Crippen molar-refractivity contribution >= 4 is 28.3 Å². The first-order chi connectivity index (χ1) is 14.4.